The minimum atomic E-state index is -0.295. The van der Waals surface area contributed by atoms with E-state index in [1.165, 1.54) is 16.8 Å². The number of hydrazone groups is 1. The maximum absolute atomic E-state index is 12.7. The quantitative estimate of drug-likeness (QED) is 0.840. The van der Waals surface area contributed by atoms with Crippen molar-refractivity contribution in [3.8, 4) is 0 Å². The van der Waals surface area contributed by atoms with Crippen molar-refractivity contribution >= 4 is 34.8 Å². The fourth-order valence-corrected chi connectivity index (χ4v) is 3.53. The van der Waals surface area contributed by atoms with E-state index < -0.39 is 0 Å². The molecule has 2 aliphatic rings. The molecule has 0 bridgehead atoms. The first-order valence-corrected chi connectivity index (χ1v) is 8.99. The van der Waals surface area contributed by atoms with Crippen LogP contribution in [-0.2, 0) is 4.79 Å². The summed E-state index contributed by atoms with van der Waals surface area (Å²) in [6.07, 6.45) is 0. The van der Waals surface area contributed by atoms with Crippen molar-refractivity contribution in [2.75, 3.05) is 10.0 Å². The van der Waals surface area contributed by atoms with Crippen molar-refractivity contribution in [1.29, 1.82) is 0 Å². The summed E-state index contributed by atoms with van der Waals surface area (Å²) in [7, 11) is 0. The van der Waals surface area contributed by atoms with Crippen molar-refractivity contribution in [3.63, 3.8) is 0 Å². The number of nitrogens with one attached hydrogen (secondary N) is 1. The second-order valence-electron chi connectivity index (χ2n) is 5.65. The largest absolute Gasteiger partial charge is 0.281 e. The second kappa shape index (κ2) is 7.01. The third kappa shape index (κ3) is 3.06. The lowest BCUT2D eigenvalue weighted by atomic mass is 10.2. The van der Waals surface area contributed by atoms with Crippen LogP contribution in [0.2, 0.25) is 0 Å². The molecule has 0 aromatic heterocycles. The molecule has 4 rings (SSSR count). The lowest BCUT2D eigenvalue weighted by molar-refractivity contribution is -0.114. The Balaban J connectivity index is 1.51. The van der Waals surface area contributed by atoms with Gasteiger partial charge in [0.1, 0.15) is 0 Å². The predicted molar refractivity (Wildman–Crippen MR) is 103 cm³/mol. The van der Waals surface area contributed by atoms with Gasteiger partial charge in [0.2, 0.25) is 5.50 Å². The first-order chi connectivity index (χ1) is 12.7. The first kappa shape index (κ1) is 16.3. The number of para-hydroxylation sites is 2. The summed E-state index contributed by atoms with van der Waals surface area (Å²) >= 11 is 1.40. The molecule has 2 aromatic rings. The molecule has 7 nitrogen and oxygen atoms in total. The highest BCUT2D eigenvalue weighted by atomic mass is 32.2. The molecule has 0 aliphatic carbocycles. The Morgan fingerprint density at radius 1 is 1.04 bits per heavy atom. The molecule has 0 saturated heterocycles. The molecule has 0 saturated carbocycles. The van der Waals surface area contributed by atoms with Crippen LogP contribution >= 0.6 is 11.8 Å². The highest BCUT2D eigenvalue weighted by Gasteiger charge is 2.30. The third-order valence-corrected chi connectivity index (χ3v) is 4.86. The zero-order valence-corrected chi connectivity index (χ0v) is 14.8. The van der Waals surface area contributed by atoms with Crippen LogP contribution in [0.1, 0.15) is 6.92 Å². The van der Waals surface area contributed by atoms with Crippen LogP contribution in [0.5, 0.6) is 0 Å². The van der Waals surface area contributed by atoms with Gasteiger partial charge in [-0.25, -0.2) is 5.01 Å². The smallest absolute Gasteiger partial charge is 0.267 e. The molecule has 2 aliphatic heterocycles. The molecule has 2 aromatic carbocycles. The van der Waals surface area contributed by atoms with E-state index in [9.17, 15) is 4.79 Å². The maximum atomic E-state index is 12.7. The van der Waals surface area contributed by atoms with Crippen molar-refractivity contribution in [1.82, 2.24) is 5.53 Å². The van der Waals surface area contributed by atoms with E-state index in [-0.39, 0.29) is 11.4 Å². The second-order valence-corrected chi connectivity index (χ2v) is 6.58. The zero-order valence-electron chi connectivity index (χ0n) is 14.0. The molecule has 26 heavy (non-hydrogen) atoms. The van der Waals surface area contributed by atoms with Crippen molar-refractivity contribution in [3.05, 3.63) is 71.6 Å². The normalized spacial score (nSPS) is 20.7. The van der Waals surface area contributed by atoms with Crippen LogP contribution in [-0.4, -0.2) is 17.1 Å². The highest BCUT2D eigenvalue weighted by molar-refractivity contribution is 8.02. The number of carbonyl (C=O) groups is 1. The Kier molecular flexibility index (Phi) is 4.40. The number of rotatable bonds is 4. The van der Waals surface area contributed by atoms with Crippen LogP contribution < -0.4 is 15.6 Å². The lowest BCUT2D eigenvalue weighted by Crippen LogP contribution is -2.35. The van der Waals surface area contributed by atoms with Gasteiger partial charge in [-0.15, -0.1) is 5.11 Å². The summed E-state index contributed by atoms with van der Waals surface area (Å²) in [6.45, 7) is 1.83. The Morgan fingerprint density at radius 3 is 2.38 bits per heavy atom. The van der Waals surface area contributed by atoms with Gasteiger partial charge in [0.05, 0.1) is 22.7 Å². The summed E-state index contributed by atoms with van der Waals surface area (Å²) in [4.78, 5) is 12.7. The van der Waals surface area contributed by atoms with Gasteiger partial charge < -0.3 is 0 Å². The van der Waals surface area contributed by atoms with E-state index in [2.05, 4.69) is 21.0 Å². The number of hydrogen-bond acceptors (Lipinski definition) is 7. The minimum absolute atomic E-state index is 0.143. The fourth-order valence-electron chi connectivity index (χ4n) is 2.61. The standard InChI is InChI=1S/C18H16N6OS/c1-13-16(17(25)23(20-13)14-8-4-2-5-9-14)12-26-18-19-21-22-24(18)15-10-6-3-7-11-15/h2-12,18H,1H3,(H,19,22)/b16-12+. The average Bonchev–Trinajstić information content (AvgIpc) is 3.26. The van der Waals surface area contributed by atoms with Crippen LogP contribution in [0, 0.1) is 0 Å². The molecule has 2 heterocycles. The Labute approximate surface area is 155 Å². The van der Waals surface area contributed by atoms with Crippen LogP contribution in [0.15, 0.2) is 87.1 Å². The van der Waals surface area contributed by atoms with Gasteiger partial charge in [0, 0.05) is 0 Å². The molecule has 1 amide bonds. The number of thioether (sulfide) groups is 1. The molecule has 0 radical (unpaired) electrons. The van der Waals surface area contributed by atoms with E-state index >= 15 is 0 Å². The van der Waals surface area contributed by atoms with Gasteiger partial charge >= 0.3 is 0 Å². The molecule has 0 fully saturated rings. The van der Waals surface area contributed by atoms with Gasteiger partial charge in [-0.1, -0.05) is 53.4 Å². The van der Waals surface area contributed by atoms with E-state index in [0.29, 0.717) is 11.3 Å². The summed E-state index contributed by atoms with van der Waals surface area (Å²) < 4.78 is 0. The Morgan fingerprint density at radius 2 is 1.69 bits per heavy atom. The van der Waals surface area contributed by atoms with E-state index in [1.807, 2.05) is 72.6 Å². The summed E-state index contributed by atoms with van der Waals surface area (Å²) in [6, 6.07) is 19.2. The van der Waals surface area contributed by atoms with Gasteiger partial charge in [-0.2, -0.15) is 15.6 Å². The van der Waals surface area contributed by atoms with Gasteiger partial charge in [-0.05, 0) is 36.6 Å². The summed E-state index contributed by atoms with van der Waals surface area (Å²) in [5, 5.41) is 17.5. The topological polar surface area (TPSA) is 72.7 Å². The maximum Gasteiger partial charge on any atom is 0.281 e. The number of amides is 1. The summed E-state index contributed by atoms with van der Waals surface area (Å²) in [5.41, 5.74) is 5.52. The molecule has 8 heteroatoms. The number of benzene rings is 2. The molecular formula is C18H16N6OS. The molecular weight excluding hydrogens is 348 g/mol. The van der Waals surface area contributed by atoms with Crippen LogP contribution in [0.3, 0.4) is 0 Å². The van der Waals surface area contributed by atoms with Crippen molar-refractivity contribution in [2.45, 2.75) is 12.4 Å². The summed E-state index contributed by atoms with van der Waals surface area (Å²) in [5.74, 6) is -0.143. The van der Waals surface area contributed by atoms with Gasteiger partial charge in [0.25, 0.3) is 5.91 Å². The Hall–Kier alpha value is -3.13. The SMILES string of the molecule is CC1=NN(c2ccccc2)C(=O)/C1=C/SC1N=NNN1c1ccccc1. The number of hydrazine groups is 1. The zero-order chi connectivity index (χ0) is 17.9. The highest BCUT2D eigenvalue weighted by Crippen LogP contribution is 2.30. The number of nitrogens with zero attached hydrogens (tertiary/aromatic N) is 5. The van der Waals surface area contributed by atoms with Crippen LogP contribution in [0.4, 0.5) is 11.4 Å². The lowest BCUT2D eigenvalue weighted by Gasteiger charge is -2.21. The number of anilines is 2. The first-order valence-electron chi connectivity index (χ1n) is 8.04. The Bertz CT molecular complexity index is 896. The molecule has 0 spiro atoms. The fraction of sp³-hybridized carbons (Fsp3) is 0.111. The molecule has 1 N–H and O–H groups in total. The average molecular weight is 364 g/mol. The minimum Gasteiger partial charge on any atom is -0.267 e. The van der Waals surface area contributed by atoms with Gasteiger partial charge in [0.15, 0.2) is 0 Å². The molecule has 130 valence electrons. The van der Waals surface area contributed by atoms with Gasteiger partial charge in [-0.3, -0.25) is 4.79 Å². The van der Waals surface area contributed by atoms with Crippen LogP contribution in [0.25, 0.3) is 0 Å². The van der Waals surface area contributed by atoms with E-state index in [4.69, 9.17) is 0 Å². The number of carbonyl (C=O) groups excluding carboxylic acids is 1. The molecule has 1 atom stereocenters. The predicted octanol–water partition coefficient (Wildman–Crippen LogP) is 3.70. The van der Waals surface area contributed by atoms with E-state index in [0.717, 1.165) is 11.4 Å². The van der Waals surface area contributed by atoms with Crippen molar-refractivity contribution < 1.29 is 4.79 Å². The van der Waals surface area contributed by atoms with Crippen molar-refractivity contribution in [2.24, 2.45) is 15.4 Å². The number of hydrogen-bond donors (Lipinski definition) is 1. The monoisotopic (exact) mass is 364 g/mol. The third-order valence-electron chi connectivity index (χ3n) is 3.94. The molecule has 1 unspecified atom stereocenters. The van der Waals surface area contributed by atoms with E-state index in [1.54, 1.807) is 5.41 Å².